The minimum absolute atomic E-state index is 0.689. The second kappa shape index (κ2) is 16.1. The molecule has 0 spiro atoms. The van der Waals surface area contributed by atoms with Gasteiger partial charge in [0.2, 0.25) is 18.3 Å². The van der Waals surface area contributed by atoms with Crippen LogP contribution in [0.3, 0.4) is 0 Å². The summed E-state index contributed by atoms with van der Waals surface area (Å²) < 4.78 is 4.89. The Morgan fingerprint density at radius 2 is 1.46 bits per heavy atom. The minimum Gasteiger partial charge on any atom is -0.385 e. The molecule has 26 heavy (non-hydrogen) atoms. The Morgan fingerprint density at radius 1 is 0.885 bits per heavy atom. The van der Waals surface area contributed by atoms with Crippen molar-refractivity contribution in [3.63, 3.8) is 0 Å². The molecule has 0 aliphatic heterocycles. The van der Waals surface area contributed by atoms with Gasteiger partial charge in [-0.2, -0.15) is 15.5 Å². The number of guanidine groups is 1. The van der Waals surface area contributed by atoms with E-state index < -0.39 is 0 Å². The molecule has 0 amide bonds. The van der Waals surface area contributed by atoms with Crippen molar-refractivity contribution in [2.75, 3.05) is 76.1 Å². The van der Waals surface area contributed by atoms with E-state index in [0.29, 0.717) is 12.6 Å². The van der Waals surface area contributed by atoms with Gasteiger partial charge in [-0.1, -0.05) is 0 Å². The molecule has 9 heteroatoms. The van der Waals surface area contributed by atoms with E-state index in [1.54, 1.807) is 13.3 Å². The van der Waals surface area contributed by atoms with E-state index >= 15 is 0 Å². The molecule has 0 aromatic rings. The average molecular weight is 367 g/mol. The molecule has 9 nitrogen and oxygen atoms in total. The fourth-order valence-corrected chi connectivity index (χ4v) is 1.83. The first kappa shape index (κ1) is 25.9. The number of aliphatic imine (C=N–C) groups is 2. The van der Waals surface area contributed by atoms with Crippen molar-refractivity contribution in [3.05, 3.63) is 0 Å². The molecule has 0 rings (SSSR count). The summed E-state index contributed by atoms with van der Waals surface area (Å²) in [5.74, 6) is 1.49. The Hall–Kier alpha value is -2.36. The highest BCUT2D eigenvalue weighted by atomic mass is 16.5. The topological polar surface area (TPSA) is 94.5 Å². The van der Waals surface area contributed by atoms with Crippen LogP contribution in [0.25, 0.3) is 0 Å². The number of rotatable bonds is 7. The summed E-state index contributed by atoms with van der Waals surface area (Å²) in [4.78, 5) is 15.2. The van der Waals surface area contributed by atoms with Crippen molar-refractivity contribution < 1.29 is 4.74 Å². The van der Waals surface area contributed by atoms with Crippen LogP contribution in [0, 0.1) is 22.9 Å². The van der Waals surface area contributed by atoms with Crippen LogP contribution in [0.1, 0.15) is 12.8 Å². The lowest BCUT2D eigenvalue weighted by Crippen LogP contribution is -2.41. The van der Waals surface area contributed by atoms with E-state index in [2.05, 4.69) is 14.9 Å². The number of nitriles is 2. The van der Waals surface area contributed by atoms with Crippen molar-refractivity contribution in [2.45, 2.75) is 12.8 Å². The maximum atomic E-state index is 8.51. The van der Waals surface area contributed by atoms with Gasteiger partial charge in [-0.3, -0.25) is 0 Å². The number of nitrogens with zero attached hydrogens (tertiary/aromatic N) is 8. The zero-order valence-corrected chi connectivity index (χ0v) is 17.5. The average Bonchev–Trinajstić information content (AvgIpc) is 2.57. The third-order valence-electron chi connectivity index (χ3n) is 3.22. The summed E-state index contributed by atoms with van der Waals surface area (Å²) in [5, 5.41) is 16.9. The van der Waals surface area contributed by atoms with E-state index in [1.165, 1.54) is 0 Å². The Bertz CT molecular complexity index is 500. The molecule has 0 saturated heterocycles. The summed E-state index contributed by atoms with van der Waals surface area (Å²) in [5.41, 5.74) is 0. The van der Waals surface area contributed by atoms with Crippen LogP contribution in [0.15, 0.2) is 9.98 Å². The SMILES string of the molecule is CN(C)CCN(C)C(=NC#N)N(C)C.COCCCC(=NC#N)N(C)C. The predicted octanol–water partition coefficient (Wildman–Crippen LogP) is 0.733. The smallest absolute Gasteiger partial charge is 0.211 e. The highest BCUT2D eigenvalue weighted by Crippen LogP contribution is 1.96. The standard InChI is InChI=1S/C9H19N5.C8H15N3O/c1-12(2)6-7-14(5)9(11-8-10)13(3)4;1-11(2)8(10-7-9)5-4-6-12-3/h6-7H2,1-5H3;4-6H2,1-3H3. The van der Waals surface area contributed by atoms with Gasteiger partial charge in [0.05, 0.1) is 0 Å². The van der Waals surface area contributed by atoms with E-state index in [1.807, 2.05) is 70.2 Å². The molecule has 0 aliphatic rings. The fourth-order valence-electron chi connectivity index (χ4n) is 1.83. The summed E-state index contributed by atoms with van der Waals surface area (Å²) in [7, 11) is 15.1. The first-order valence-electron chi connectivity index (χ1n) is 8.33. The lowest BCUT2D eigenvalue weighted by atomic mass is 10.3. The van der Waals surface area contributed by atoms with Gasteiger partial charge in [0.1, 0.15) is 5.84 Å². The molecular weight excluding hydrogens is 332 g/mol. The van der Waals surface area contributed by atoms with E-state index in [4.69, 9.17) is 15.3 Å². The molecule has 0 aromatic carbocycles. The maximum absolute atomic E-state index is 8.51. The lowest BCUT2D eigenvalue weighted by molar-refractivity contribution is 0.196. The molecule has 0 fully saturated rings. The van der Waals surface area contributed by atoms with Crippen LogP contribution in [-0.2, 0) is 4.74 Å². The first-order chi connectivity index (χ1) is 12.2. The van der Waals surface area contributed by atoms with E-state index in [0.717, 1.165) is 31.8 Å². The number of likely N-dealkylation sites (N-methyl/N-ethyl adjacent to an activating group) is 2. The molecular formula is C17H34N8O. The monoisotopic (exact) mass is 366 g/mol. The van der Waals surface area contributed by atoms with Crippen LogP contribution in [0.4, 0.5) is 0 Å². The van der Waals surface area contributed by atoms with Crippen LogP contribution in [-0.4, -0.2) is 108 Å². The van der Waals surface area contributed by atoms with Crippen molar-refractivity contribution in [3.8, 4) is 12.4 Å². The summed E-state index contributed by atoms with van der Waals surface area (Å²) >= 11 is 0. The largest absolute Gasteiger partial charge is 0.385 e. The number of hydrogen-bond acceptors (Lipinski definition) is 6. The van der Waals surface area contributed by atoms with Crippen LogP contribution in [0.2, 0.25) is 0 Å². The first-order valence-corrected chi connectivity index (χ1v) is 8.33. The van der Waals surface area contributed by atoms with Gasteiger partial charge in [0.15, 0.2) is 0 Å². The van der Waals surface area contributed by atoms with Gasteiger partial charge in [-0.15, -0.1) is 4.99 Å². The molecule has 0 atom stereocenters. The van der Waals surface area contributed by atoms with Crippen LogP contribution < -0.4 is 0 Å². The summed E-state index contributed by atoms with van der Waals surface area (Å²) in [6, 6.07) is 0. The molecule has 0 aromatic heterocycles. The highest BCUT2D eigenvalue weighted by molar-refractivity contribution is 5.82. The minimum atomic E-state index is 0.689. The molecule has 0 saturated carbocycles. The zero-order valence-electron chi connectivity index (χ0n) is 17.5. The quantitative estimate of drug-likeness (QED) is 0.284. The Balaban J connectivity index is 0. The van der Waals surface area contributed by atoms with E-state index in [9.17, 15) is 0 Å². The Morgan fingerprint density at radius 3 is 1.85 bits per heavy atom. The third kappa shape index (κ3) is 14.0. The van der Waals surface area contributed by atoms with Crippen molar-refractivity contribution in [1.29, 1.82) is 10.5 Å². The molecule has 0 heterocycles. The van der Waals surface area contributed by atoms with Crippen LogP contribution in [0.5, 0.6) is 0 Å². The second-order valence-electron chi connectivity index (χ2n) is 6.25. The third-order valence-corrected chi connectivity index (χ3v) is 3.22. The zero-order chi connectivity index (χ0) is 20.5. The van der Waals surface area contributed by atoms with Crippen LogP contribution >= 0.6 is 0 Å². The molecule has 0 aliphatic carbocycles. The Kier molecular flexibility index (Phi) is 16.0. The van der Waals surface area contributed by atoms with Gasteiger partial charge in [0.25, 0.3) is 0 Å². The number of hydrogen-bond donors (Lipinski definition) is 0. The molecule has 0 N–H and O–H groups in total. The van der Waals surface area contributed by atoms with Crippen molar-refractivity contribution >= 4 is 11.8 Å². The fraction of sp³-hybridized carbons (Fsp3) is 0.765. The number of ether oxygens (including phenoxy) is 1. The van der Waals surface area contributed by atoms with E-state index in [-0.39, 0.29) is 0 Å². The number of methoxy groups -OCH3 is 1. The summed E-state index contributed by atoms with van der Waals surface area (Å²) in [6.45, 7) is 2.50. The number of amidine groups is 1. The highest BCUT2D eigenvalue weighted by Gasteiger charge is 2.08. The molecule has 0 bridgehead atoms. The Labute approximate surface area is 158 Å². The van der Waals surface area contributed by atoms with Crippen molar-refractivity contribution in [1.82, 2.24) is 19.6 Å². The molecule has 148 valence electrons. The summed E-state index contributed by atoms with van der Waals surface area (Å²) in [6.07, 6.45) is 5.27. The van der Waals surface area contributed by atoms with Gasteiger partial charge in [-0.25, -0.2) is 0 Å². The molecule has 0 radical (unpaired) electrons. The van der Waals surface area contributed by atoms with Gasteiger partial charge < -0.3 is 24.3 Å². The normalized spacial score (nSPS) is 11.2. The second-order valence-corrected chi connectivity index (χ2v) is 6.25. The maximum Gasteiger partial charge on any atom is 0.211 e. The van der Waals surface area contributed by atoms with Gasteiger partial charge in [0, 0.05) is 68.5 Å². The lowest BCUT2D eigenvalue weighted by Gasteiger charge is -2.26. The van der Waals surface area contributed by atoms with Crippen molar-refractivity contribution in [2.24, 2.45) is 9.98 Å². The predicted molar refractivity (Wildman–Crippen MR) is 106 cm³/mol. The van der Waals surface area contributed by atoms with Gasteiger partial charge in [-0.05, 0) is 20.5 Å². The molecule has 0 unspecified atom stereocenters. The van der Waals surface area contributed by atoms with Gasteiger partial charge >= 0.3 is 0 Å².